The molecule has 2 N–H and O–H groups in total. The summed E-state index contributed by atoms with van der Waals surface area (Å²) in [6.07, 6.45) is 0. The molecule has 2 aromatic rings. The quantitative estimate of drug-likeness (QED) is 0.553. The number of nitrogens with one attached hydrogen (secondary N) is 2. The smallest absolute Gasteiger partial charge is 0.272 e. The molecule has 0 fully saturated rings. The van der Waals surface area contributed by atoms with E-state index in [2.05, 4.69) is 31.4 Å². The highest BCUT2D eigenvalue weighted by Crippen LogP contribution is 2.25. The van der Waals surface area contributed by atoms with E-state index in [1.54, 1.807) is 11.8 Å². The molecule has 0 spiro atoms. The molecule has 0 aliphatic rings. The van der Waals surface area contributed by atoms with Crippen LogP contribution < -0.4 is 5.32 Å². The van der Waals surface area contributed by atoms with Crippen LogP contribution in [0, 0.1) is 0 Å². The summed E-state index contributed by atoms with van der Waals surface area (Å²) in [7, 11) is 0. The van der Waals surface area contributed by atoms with E-state index in [9.17, 15) is 4.79 Å². The molecule has 1 heterocycles. The van der Waals surface area contributed by atoms with Gasteiger partial charge in [-0.2, -0.15) is 5.10 Å². The molecule has 1 aromatic carbocycles. The van der Waals surface area contributed by atoms with Crippen LogP contribution in [0.4, 0.5) is 0 Å². The molecule has 0 saturated heterocycles. The number of nitrogens with zero attached hydrogens (tertiary/aromatic N) is 1. The van der Waals surface area contributed by atoms with Gasteiger partial charge < -0.3 is 5.32 Å². The van der Waals surface area contributed by atoms with Crippen LogP contribution in [0.1, 0.15) is 35.9 Å². The van der Waals surface area contributed by atoms with Crippen LogP contribution in [0.25, 0.3) is 0 Å². The molecular weight excluding hydrogens is 386 g/mol. The average Bonchev–Trinajstić information content (AvgIpc) is 2.87. The summed E-state index contributed by atoms with van der Waals surface area (Å²) >= 11 is 10.9. The highest BCUT2D eigenvalue weighted by atomic mass is 79.9. The van der Waals surface area contributed by atoms with Gasteiger partial charge in [-0.05, 0) is 46.1 Å². The molecule has 0 atom stereocenters. The number of H-pyrrole nitrogens is 1. The zero-order valence-electron chi connectivity index (χ0n) is 12.3. The van der Waals surface area contributed by atoms with Gasteiger partial charge in [0.2, 0.25) is 0 Å². The molecule has 7 heteroatoms. The monoisotopic (exact) mass is 401 g/mol. The third-order valence-corrected chi connectivity index (χ3v) is 5.06. The Labute approximate surface area is 147 Å². The molecular formula is C15H17BrClN3OS. The highest BCUT2D eigenvalue weighted by molar-refractivity contribution is 9.10. The number of halogens is 2. The third kappa shape index (κ3) is 4.51. The lowest BCUT2D eigenvalue weighted by Gasteiger charge is -2.05. The van der Waals surface area contributed by atoms with Crippen molar-refractivity contribution in [2.75, 3.05) is 12.3 Å². The Kier molecular flexibility index (Phi) is 6.35. The minimum Gasteiger partial charge on any atom is -0.350 e. The van der Waals surface area contributed by atoms with Gasteiger partial charge >= 0.3 is 0 Å². The van der Waals surface area contributed by atoms with Gasteiger partial charge in [-0.3, -0.25) is 9.89 Å². The van der Waals surface area contributed by atoms with Crippen LogP contribution in [0.3, 0.4) is 0 Å². The molecule has 0 radical (unpaired) electrons. The summed E-state index contributed by atoms with van der Waals surface area (Å²) in [5.41, 5.74) is 1.33. The second-order valence-corrected chi connectivity index (χ2v) is 7.41. The first-order chi connectivity index (χ1) is 10.5. The first kappa shape index (κ1) is 17.4. The summed E-state index contributed by atoms with van der Waals surface area (Å²) < 4.78 is 0.741. The van der Waals surface area contributed by atoms with E-state index in [-0.39, 0.29) is 11.8 Å². The van der Waals surface area contributed by atoms with Crippen molar-refractivity contribution in [3.8, 4) is 0 Å². The Morgan fingerprint density at radius 3 is 2.68 bits per heavy atom. The van der Waals surface area contributed by atoms with E-state index < -0.39 is 0 Å². The van der Waals surface area contributed by atoms with Crippen molar-refractivity contribution in [3.05, 3.63) is 45.1 Å². The number of hydrogen-bond acceptors (Lipinski definition) is 3. The fourth-order valence-electron chi connectivity index (χ4n) is 1.82. The summed E-state index contributed by atoms with van der Waals surface area (Å²) in [6, 6.07) is 7.65. The Hall–Kier alpha value is -0.980. The van der Waals surface area contributed by atoms with Crippen molar-refractivity contribution in [1.29, 1.82) is 0 Å². The standard InChI is InChI=1S/C15H17BrClN3OS/c1-9(2)13-12(16)14(20-19-13)15(21)18-7-8-22-11-5-3-10(17)4-6-11/h3-6,9H,7-8H2,1-2H3,(H,18,21)(H,19,20). The molecule has 0 aliphatic heterocycles. The number of hydrogen-bond donors (Lipinski definition) is 2. The Bertz CT molecular complexity index is 643. The number of benzene rings is 1. The van der Waals surface area contributed by atoms with Gasteiger partial charge in [0.05, 0.1) is 10.2 Å². The Balaban J connectivity index is 1.82. The van der Waals surface area contributed by atoms with Crippen molar-refractivity contribution in [2.24, 2.45) is 0 Å². The maximum Gasteiger partial charge on any atom is 0.272 e. The van der Waals surface area contributed by atoms with Crippen molar-refractivity contribution in [2.45, 2.75) is 24.7 Å². The normalized spacial score (nSPS) is 11.0. The van der Waals surface area contributed by atoms with E-state index in [0.29, 0.717) is 12.2 Å². The van der Waals surface area contributed by atoms with E-state index in [1.807, 2.05) is 38.1 Å². The first-order valence-electron chi connectivity index (χ1n) is 6.89. The zero-order valence-corrected chi connectivity index (χ0v) is 15.5. The number of rotatable bonds is 6. The van der Waals surface area contributed by atoms with E-state index >= 15 is 0 Å². The zero-order chi connectivity index (χ0) is 16.1. The molecule has 0 aliphatic carbocycles. The summed E-state index contributed by atoms with van der Waals surface area (Å²) in [5.74, 6) is 0.891. The van der Waals surface area contributed by atoms with Crippen LogP contribution in [0.2, 0.25) is 5.02 Å². The largest absolute Gasteiger partial charge is 0.350 e. The van der Waals surface area contributed by atoms with Crippen molar-refractivity contribution >= 4 is 45.2 Å². The molecule has 22 heavy (non-hydrogen) atoms. The molecule has 118 valence electrons. The lowest BCUT2D eigenvalue weighted by atomic mass is 10.1. The topological polar surface area (TPSA) is 57.8 Å². The molecule has 4 nitrogen and oxygen atoms in total. The van der Waals surface area contributed by atoms with Crippen LogP contribution in [-0.2, 0) is 0 Å². The fraction of sp³-hybridized carbons (Fsp3) is 0.333. The molecule has 1 aromatic heterocycles. The summed E-state index contributed by atoms with van der Waals surface area (Å²) in [4.78, 5) is 13.2. The highest BCUT2D eigenvalue weighted by Gasteiger charge is 2.18. The number of aromatic nitrogens is 2. The van der Waals surface area contributed by atoms with Gasteiger partial charge in [0.15, 0.2) is 5.69 Å². The predicted octanol–water partition coefficient (Wildman–Crippen LogP) is 4.47. The molecule has 0 unspecified atom stereocenters. The van der Waals surface area contributed by atoms with Crippen molar-refractivity contribution in [3.63, 3.8) is 0 Å². The Morgan fingerprint density at radius 1 is 1.41 bits per heavy atom. The van der Waals surface area contributed by atoms with Gasteiger partial charge in [0.25, 0.3) is 5.91 Å². The molecule has 1 amide bonds. The van der Waals surface area contributed by atoms with E-state index in [0.717, 1.165) is 25.8 Å². The van der Waals surface area contributed by atoms with Gasteiger partial charge in [-0.1, -0.05) is 25.4 Å². The minimum absolute atomic E-state index is 0.174. The first-order valence-corrected chi connectivity index (χ1v) is 9.05. The van der Waals surface area contributed by atoms with E-state index in [4.69, 9.17) is 11.6 Å². The fourth-order valence-corrected chi connectivity index (χ4v) is 3.53. The minimum atomic E-state index is -0.174. The van der Waals surface area contributed by atoms with Crippen LogP contribution in [0.5, 0.6) is 0 Å². The number of carbonyl (C=O) groups is 1. The van der Waals surface area contributed by atoms with Gasteiger partial charge in [0, 0.05) is 22.2 Å². The van der Waals surface area contributed by atoms with Crippen molar-refractivity contribution < 1.29 is 4.79 Å². The number of carbonyl (C=O) groups excluding carboxylic acids is 1. The van der Waals surface area contributed by atoms with Gasteiger partial charge in [-0.15, -0.1) is 11.8 Å². The number of amides is 1. The average molecular weight is 403 g/mol. The third-order valence-electron chi connectivity index (χ3n) is 2.99. The van der Waals surface area contributed by atoms with Crippen molar-refractivity contribution in [1.82, 2.24) is 15.5 Å². The molecule has 0 saturated carbocycles. The Morgan fingerprint density at radius 2 is 2.09 bits per heavy atom. The summed E-state index contributed by atoms with van der Waals surface area (Å²) in [6.45, 7) is 4.66. The SMILES string of the molecule is CC(C)c1[nH]nc(C(=O)NCCSc2ccc(Cl)cc2)c1Br. The maximum absolute atomic E-state index is 12.1. The lowest BCUT2D eigenvalue weighted by molar-refractivity contribution is 0.0950. The van der Waals surface area contributed by atoms with Gasteiger partial charge in [0.1, 0.15) is 0 Å². The number of aromatic amines is 1. The predicted molar refractivity (Wildman–Crippen MR) is 94.9 cm³/mol. The molecule has 2 rings (SSSR count). The molecule has 0 bridgehead atoms. The van der Waals surface area contributed by atoms with Gasteiger partial charge in [-0.25, -0.2) is 0 Å². The number of thioether (sulfide) groups is 1. The van der Waals surface area contributed by atoms with Crippen LogP contribution in [0.15, 0.2) is 33.6 Å². The lowest BCUT2D eigenvalue weighted by Crippen LogP contribution is -2.26. The second-order valence-electron chi connectivity index (χ2n) is 5.01. The van der Waals surface area contributed by atoms with Crippen LogP contribution in [-0.4, -0.2) is 28.4 Å². The van der Waals surface area contributed by atoms with E-state index in [1.165, 1.54) is 0 Å². The summed E-state index contributed by atoms with van der Waals surface area (Å²) in [5, 5.41) is 10.6. The maximum atomic E-state index is 12.1. The second kappa shape index (κ2) is 8.04. The van der Waals surface area contributed by atoms with Crippen LogP contribution >= 0.6 is 39.3 Å².